The van der Waals surface area contributed by atoms with Crippen LogP contribution >= 0.6 is 24.0 Å². The van der Waals surface area contributed by atoms with Gasteiger partial charge in [0.1, 0.15) is 11.9 Å². The van der Waals surface area contributed by atoms with E-state index < -0.39 is 6.10 Å². The van der Waals surface area contributed by atoms with E-state index in [1.807, 2.05) is 61.5 Å². The third-order valence-corrected chi connectivity index (χ3v) is 5.00. The normalized spacial score (nSPS) is 16.1. The zero-order chi connectivity index (χ0) is 19.8. The van der Waals surface area contributed by atoms with Gasteiger partial charge in [-0.05, 0) is 31.5 Å². The molecule has 2 N–H and O–H groups in total. The fraction of sp³-hybridized carbons (Fsp3) is 0.435. The first-order valence-corrected chi connectivity index (χ1v) is 10.2. The number of benzene rings is 2. The number of guanidine groups is 1. The van der Waals surface area contributed by atoms with Gasteiger partial charge in [0.25, 0.3) is 0 Å². The number of aliphatic hydroxyl groups excluding tert-OH is 1. The fourth-order valence-corrected chi connectivity index (χ4v) is 3.37. The maximum Gasteiger partial charge on any atom is 0.194 e. The number of halogens is 1. The van der Waals surface area contributed by atoms with E-state index in [0.29, 0.717) is 6.54 Å². The van der Waals surface area contributed by atoms with Gasteiger partial charge in [-0.3, -0.25) is 4.99 Å². The number of likely N-dealkylation sites (tertiary alicyclic amines) is 1. The number of aryl methyl sites for hydroxylation is 1. The van der Waals surface area contributed by atoms with Crippen molar-refractivity contribution < 1.29 is 9.84 Å². The van der Waals surface area contributed by atoms with Gasteiger partial charge in [-0.1, -0.05) is 48.0 Å². The van der Waals surface area contributed by atoms with Crippen LogP contribution in [0.1, 0.15) is 37.0 Å². The highest BCUT2D eigenvalue weighted by molar-refractivity contribution is 14.0. The van der Waals surface area contributed by atoms with Crippen molar-refractivity contribution in [2.24, 2.45) is 4.99 Å². The van der Waals surface area contributed by atoms with Crippen molar-refractivity contribution in [2.75, 3.05) is 26.2 Å². The van der Waals surface area contributed by atoms with Crippen molar-refractivity contribution >= 4 is 29.9 Å². The smallest absolute Gasteiger partial charge is 0.194 e. The van der Waals surface area contributed by atoms with E-state index in [0.717, 1.165) is 49.7 Å². The van der Waals surface area contributed by atoms with Crippen molar-refractivity contribution in [2.45, 2.75) is 38.9 Å². The Morgan fingerprint density at radius 1 is 1.14 bits per heavy atom. The molecule has 3 rings (SSSR count). The first-order valence-electron chi connectivity index (χ1n) is 10.2. The lowest BCUT2D eigenvalue weighted by Gasteiger charge is -2.34. The Hall–Kier alpha value is -1.80. The Morgan fingerprint density at radius 3 is 2.41 bits per heavy atom. The van der Waals surface area contributed by atoms with Gasteiger partial charge in [0.05, 0.1) is 12.6 Å². The molecule has 0 aromatic heterocycles. The molecule has 158 valence electrons. The van der Waals surface area contributed by atoms with Crippen molar-refractivity contribution in [1.29, 1.82) is 0 Å². The van der Waals surface area contributed by atoms with E-state index in [-0.39, 0.29) is 30.1 Å². The van der Waals surface area contributed by atoms with Gasteiger partial charge in [0.2, 0.25) is 0 Å². The largest absolute Gasteiger partial charge is 0.490 e. The quantitative estimate of drug-likeness (QED) is 0.349. The highest BCUT2D eigenvalue weighted by Crippen LogP contribution is 2.19. The molecule has 2 aromatic carbocycles. The molecule has 6 heteroatoms. The Balaban J connectivity index is 0.00000300. The van der Waals surface area contributed by atoms with Crippen molar-refractivity contribution in [3.05, 3.63) is 65.7 Å². The van der Waals surface area contributed by atoms with Gasteiger partial charge in [-0.25, -0.2) is 0 Å². The average molecular weight is 509 g/mol. The minimum Gasteiger partial charge on any atom is -0.490 e. The summed E-state index contributed by atoms with van der Waals surface area (Å²) >= 11 is 0. The predicted molar refractivity (Wildman–Crippen MR) is 129 cm³/mol. The molecule has 0 spiro atoms. The second-order valence-corrected chi connectivity index (χ2v) is 7.24. The Morgan fingerprint density at radius 2 is 1.79 bits per heavy atom. The zero-order valence-electron chi connectivity index (χ0n) is 17.3. The molecule has 29 heavy (non-hydrogen) atoms. The molecular formula is C23H32IN3O2. The van der Waals surface area contributed by atoms with E-state index in [9.17, 15) is 5.11 Å². The topological polar surface area (TPSA) is 57.1 Å². The van der Waals surface area contributed by atoms with Crippen molar-refractivity contribution in [3.63, 3.8) is 0 Å². The average Bonchev–Trinajstić information content (AvgIpc) is 2.73. The molecule has 0 saturated carbocycles. The number of hydrogen-bond donors (Lipinski definition) is 2. The number of ether oxygens (including phenoxy) is 1. The summed E-state index contributed by atoms with van der Waals surface area (Å²) in [6, 6.07) is 18.0. The molecule has 0 radical (unpaired) electrons. The molecule has 0 amide bonds. The Kier molecular flexibility index (Phi) is 9.73. The molecule has 1 aliphatic heterocycles. The van der Waals surface area contributed by atoms with E-state index in [4.69, 9.17) is 4.74 Å². The molecule has 5 nitrogen and oxygen atoms in total. The summed E-state index contributed by atoms with van der Waals surface area (Å²) in [5.41, 5.74) is 2.09. The Bertz CT molecular complexity index is 744. The van der Waals surface area contributed by atoms with Gasteiger partial charge in [-0.15, -0.1) is 24.0 Å². The Labute approximate surface area is 191 Å². The van der Waals surface area contributed by atoms with Crippen LogP contribution in [-0.2, 0) is 0 Å². The number of nitrogens with zero attached hydrogens (tertiary/aromatic N) is 2. The molecule has 1 saturated heterocycles. The fourth-order valence-electron chi connectivity index (χ4n) is 3.37. The maximum absolute atomic E-state index is 10.5. The SMILES string of the molecule is CCNC(=NCC(O)c1ccc(C)cc1)N1CCC(Oc2ccccc2)CC1.I. The lowest BCUT2D eigenvalue weighted by Crippen LogP contribution is -2.47. The van der Waals surface area contributed by atoms with Gasteiger partial charge in [0.15, 0.2) is 5.96 Å². The number of aliphatic hydroxyl groups is 1. The van der Waals surface area contributed by atoms with Crippen LogP contribution in [0, 0.1) is 6.92 Å². The number of nitrogens with one attached hydrogen (secondary N) is 1. The van der Waals surface area contributed by atoms with Crippen LogP contribution in [0.2, 0.25) is 0 Å². The van der Waals surface area contributed by atoms with Crippen LogP contribution in [0.4, 0.5) is 0 Å². The lowest BCUT2D eigenvalue weighted by molar-refractivity contribution is 0.129. The van der Waals surface area contributed by atoms with Gasteiger partial charge in [-0.2, -0.15) is 0 Å². The van der Waals surface area contributed by atoms with Crippen molar-refractivity contribution in [3.8, 4) is 5.75 Å². The van der Waals surface area contributed by atoms with Crippen molar-refractivity contribution in [1.82, 2.24) is 10.2 Å². The molecular weight excluding hydrogens is 477 g/mol. The number of piperidine rings is 1. The van der Waals surface area contributed by atoms with Crippen LogP contribution in [0.15, 0.2) is 59.6 Å². The molecule has 0 bridgehead atoms. The molecule has 1 aliphatic rings. The van der Waals surface area contributed by atoms with E-state index >= 15 is 0 Å². The van der Waals surface area contributed by atoms with Crippen LogP contribution in [0.25, 0.3) is 0 Å². The molecule has 1 heterocycles. The second-order valence-electron chi connectivity index (χ2n) is 7.24. The number of aliphatic imine (C=N–C) groups is 1. The van der Waals surface area contributed by atoms with Crippen LogP contribution in [0.3, 0.4) is 0 Å². The summed E-state index contributed by atoms with van der Waals surface area (Å²) in [7, 11) is 0. The minimum atomic E-state index is -0.590. The van der Waals surface area contributed by atoms with Crippen LogP contribution in [-0.4, -0.2) is 48.2 Å². The summed E-state index contributed by atoms with van der Waals surface area (Å²) < 4.78 is 6.08. The second kappa shape index (κ2) is 12.0. The van der Waals surface area contributed by atoms with Gasteiger partial charge in [0, 0.05) is 32.5 Å². The summed E-state index contributed by atoms with van der Waals surface area (Å²) in [6.07, 6.45) is 1.56. The van der Waals surface area contributed by atoms with Gasteiger partial charge < -0.3 is 20.1 Å². The highest BCUT2D eigenvalue weighted by atomic mass is 127. The summed E-state index contributed by atoms with van der Waals surface area (Å²) in [5, 5.41) is 13.8. The van der Waals surface area contributed by atoms with E-state index in [1.165, 1.54) is 5.56 Å². The van der Waals surface area contributed by atoms with Crippen LogP contribution < -0.4 is 10.1 Å². The summed E-state index contributed by atoms with van der Waals surface area (Å²) in [6.45, 7) is 7.06. The summed E-state index contributed by atoms with van der Waals surface area (Å²) in [4.78, 5) is 6.95. The maximum atomic E-state index is 10.5. The van der Waals surface area contributed by atoms with E-state index in [2.05, 4.69) is 22.1 Å². The lowest BCUT2D eigenvalue weighted by atomic mass is 10.1. The molecule has 1 unspecified atom stereocenters. The molecule has 1 fully saturated rings. The molecule has 0 aliphatic carbocycles. The first-order chi connectivity index (χ1) is 13.7. The number of para-hydroxylation sites is 1. The monoisotopic (exact) mass is 509 g/mol. The minimum absolute atomic E-state index is 0. The molecule has 2 aromatic rings. The number of hydrogen-bond acceptors (Lipinski definition) is 3. The van der Waals surface area contributed by atoms with E-state index in [1.54, 1.807) is 0 Å². The first kappa shape index (κ1) is 23.5. The third-order valence-electron chi connectivity index (χ3n) is 5.00. The zero-order valence-corrected chi connectivity index (χ0v) is 19.6. The standard InChI is InChI=1S/C23H31N3O2.HI/c1-3-24-23(25-17-22(27)19-11-9-18(2)10-12-19)26-15-13-21(14-16-26)28-20-7-5-4-6-8-20;/h4-12,21-22,27H,3,13-17H2,1-2H3,(H,24,25);1H. The predicted octanol–water partition coefficient (Wildman–Crippen LogP) is 4.16. The molecule has 1 atom stereocenters. The third kappa shape index (κ3) is 7.19. The van der Waals surface area contributed by atoms with Crippen LogP contribution in [0.5, 0.6) is 5.75 Å². The summed E-state index contributed by atoms with van der Waals surface area (Å²) in [5.74, 6) is 1.80. The highest BCUT2D eigenvalue weighted by Gasteiger charge is 2.23. The van der Waals surface area contributed by atoms with Gasteiger partial charge >= 0.3 is 0 Å². The number of rotatable bonds is 6.